The van der Waals surface area contributed by atoms with Gasteiger partial charge < -0.3 is 18.6 Å². The molecule has 0 N–H and O–H groups in total. The number of methoxy groups -OCH3 is 2. The average Bonchev–Trinajstić information content (AvgIpc) is 3.50. The third-order valence-corrected chi connectivity index (χ3v) is 6.15. The van der Waals surface area contributed by atoms with Crippen molar-refractivity contribution in [2.45, 2.75) is 38.3 Å². The number of furan rings is 1. The smallest absolute Gasteiger partial charge is 0.347 e. The molecule has 33 heavy (non-hydrogen) atoms. The van der Waals surface area contributed by atoms with E-state index in [-0.39, 0.29) is 18.3 Å². The molecule has 0 aliphatic heterocycles. The van der Waals surface area contributed by atoms with Gasteiger partial charge in [0.2, 0.25) is 0 Å². The van der Waals surface area contributed by atoms with Crippen LogP contribution in [0.5, 0.6) is 17.2 Å². The Labute approximate surface area is 191 Å². The lowest BCUT2D eigenvalue weighted by molar-refractivity contribution is 0.201. The highest BCUT2D eigenvalue weighted by atomic mass is 16.5. The maximum atomic E-state index is 12.6. The topological polar surface area (TPSA) is 75.7 Å². The predicted octanol–water partition coefficient (Wildman–Crippen LogP) is 5.04. The molecule has 5 rings (SSSR count). The van der Waals surface area contributed by atoms with E-state index in [0.717, 1.165) is 34.7 Å². The summed E-state index contributed by atoms with van der Waals surface area (Å²) in [6, 6.07) is 11.5. The van der Waals surface area contributed by atoms with Gasteiger partial charge in [0.15, 0.2) is 11.5 Å². The molecule has 0 saturated heterocycles. The zero-order valence-electron chi connectivity index (χ0n) is 18.7. The van der Waals surface area contributed by atoms with Crippen LogP contribution in [-0.4, -0.2) is 29.9 Å². The summed E-state index contributed by atoms with van der Waals surface area (Å²) >= 11 is 0. The van der Waals surface area contributed by atoms with E-state index in [1.54, 1.807) is 37.4 Å². The first kappa shape index (κ1) is 21.1. The molecule has 2 heterocycles. The van der Waals surface area contributed by atoms with Gasteiger partial charge in [-0.3, -0.25) is 4.57 Å². The SMILES string of the molecule is COc1ccc(-c2cnc(=O)n(Cc3occ4cccc(OC)c34)c2)cc1OC1CCCC1. The number of rotatable bonds is 7. The van der Waals surface area contributed by atoms with Gasteiger partial charge in [0, 0.05) is 23.3 Å². The summed E-state index contributed by atoms with van der Waals surface area (Å²) in [6.07, 6.45) is 9.75. The first-order valence-corrected chi connectivity index (χ1v) is 11.1. The van der Waals surface area contributed by atoms with Gasteiger partial charge in [-0.05, 0) is 49.4 Å². The minimum atomic E-state index is -0.353. The Kier molecular flexibility index (Phi) is 5.77. The van der Waals surface area contributed by atoms with Crippen molar-refractivity contribution in [2.24, 2.45) is 0 Å². The summed E-state index contributed by atoms with van der Waals surface area (Å²) in [5, 5.41) is 1.78. The second-order valence-corrected chi connectivity index (χ2v) is 8.23. The predicted molar refractivity (Wildman–Crippen MR) is 125 cm³/mol. The van der Waals surface area contributed by atoms with Crippen LogP contribution in [0.25, 0.3) is 21.9 Å². The average molecular weight is 447 g/mol. The summed E-state index contributed by atoms with van der Waals surface area (Å²) < 4.78 is 24.5. The third-order valence-electron chi connectivity index (χ3n) is 6.15. The van der Waals surface area contributed by atoms with Gasteiger partial charge in [0.05, 0.1) is 38.5 Å². The van der Waals surface area contributed by atoms with Gasteiger partial charge >= 0.3 is 5.69 Å². The molecule has 0 amide bonds. The molecule has 0 unspecified atom stereocenters. The number of aromatic nitrogens is 2. The first-order valence-electron chi connectivity index (χ1n) is 11.1. The largest absolute Gasteiger partial charge is 0.496 e. The maximum Gasteiger partial charge on any atom is 0.347 e. The number of hydrogen-bond acceptors (Lipinski definition) is 6. The molecule has 4 aromatic rings. The summed E-state index contributed by atoms with van der Waals surface area (Å²) in [4.78, 5) is 16.6. The van der Waals surface area contributed by atoms with Crippen LogP contribution < -0.4 is 19.9 Å². The van der Waals surface area contributed by atoms with Gasteiger partial charge in [-0.2, -0.15) is 0 Å². The lowest BCUT2D eigenvalue weighted by Crippen LogP contribution is -2.22. The van der Waals surface area contributed by atoms with Crippen molar-refractivity contribution < 1.29 is 18.6 Å². The van der Waals surface area contributed by atoms with Gasteiger partial charge in [0.25, 0.3) is 0 Å². The normalized spacial score (nSPS) is 14.0. The molecule has 1 fully saturated rings. The molecular formula is C26H26N2O5. The van der Waals surface area contributed by atoms with Crippen molar-refractivity contribution in [3.8, 4) is 28.4 Å². The Bertz CT molecular complexity index is 1330. The van der Waals surface area contributed by atoms with Crippen molar-refractivity contribution >= 4 is 10.8 Å². The van der Waals surface area contributed by atoms with E-state index in [4.69, 9.17) is 18.6 Å². The Hall–Kier alpha value is -3.74. The molecule has 0 atom stereocenters. The Morgan fingerprint density at radius 3 is 2.64 bits per heavy atom. The summed E-state index contributed by atoms with van der Waals surface area (Å²) in [5.41, 5.74) is 1.34. The fraction of sp³-hybridized carbons (Fsp3) is 0.308. The fourth-order valence-corrected chi connectivity index (χ4v) is 4.43. The van der Waals surface area contributed by atoms with Gasteiger partial charge in [-0.25, -0.2) is 9.78 Å². The highest BCUT2D eigenvalue weighted by Crippen LogP contribution is 2.35. The molecule has 170 valence electrons. The zero-order valence-corrected chi connectivity index (χ0v) is 18.7. The molecule has 2 aromatic heterocycles. The van der Waals surface area contributed by atoms with Crippen LogP contribution in [0.4, 0.5) is 0 Å². The second kappa shape index (κ2) is 9.02. The van der Waals surface area contributed by atoms with E-state index < -0.39 is 0 Å². The van der Waals surface area contributed by atoms with Crippen molar-refractivity contribution in [2.75, 3.05) is 14.2 Å². The molecule has 7 nitrogen and oxygen atoms in total. The highest BCUT2D eigenvalue weighted by molar-refractivity contribution is 5.90. The zero-order chi connectivity index (χ0) is 22.8. The Balaban J connectivity index is 1.49. The maximum absolute atomic E-state index is 12.6. The van der Waals surface area contributed by atoms with Crippen LogP contribution >= 0.6 is 0 Å². The molecule has 7 heteroatoms. The van der Waals surface area contributed by atoms with Crippen LogP contribution in [0.3, 0.4) is 0 Å². The number of ether oxygens (including phenoxy) is 3. The second-order valence-electron chi connectivity index (χ2n) is 8.23. The van der Waals surface area contributed by atoms with Gasteiger partial charge in [0.1, 0.15) is 11.5 Å². The van der Waals surface area contributed by atoms with Crippen LogP contribution in [0.2, 0.25) is 0 Å². The molecule has 1 aliphatic carbocycles. The lowest BCUT2D eigenvalue weighted by atomic mass is 10.1. The van der Waals surface area contributed by atoms with Crippen molar-refractivity contribution in [1.82, 2.24) is 9.55 Å². The van der Waals surface area contributed by atoms with Crippen LogP contribution in [0, 0.1) is 0 Å². The number of benzene rings is 2. The molecule has 0 radical (unpaired) electrons. The van der Waals surface area contributed by atoms with E-state index in [1.165, 1.54) is 12.8 Å². The third kappa shape index (κ3) is 4.18. The van der Waals surface area contributed by atoms with Crippen LogP contribution in [0.1, 0.15) is 31.4 Å². The first-order chi connectivity index (χ1) is 16.2. The van der Waals surface area contributed by atoms with Crippen molar-refractivity contribution in [3.05, 3.63) is 71.3 Å². The van der Waals surface area contributed by atoms with E-state index >= 15 is 0 Å². The van der Waals surface area contributed by atoms with Crippen molar-refractivity contribution in [1.29, 1.82) is 0 Å². The van der Waals surface area contributed by atoms with Crippen LogP contribution in [0.15, 0.2) is 64.3 Å². The molecule has 1 saturated carbocycles. The van der Waals surface area contributed by atoms with Gasteiger partial charge in [-0.1, -0.05) is 18.2 Å². The lowest BCUT2D eigenvalue weighted by Gasteiger charge is -2.17. The van der Waals surface area contributed by atoms with Crippen LogP contribution in [-0.2, 0) is 6.54 Å². The van der Waals surface area contributed by atoms with Crippen molar-refractivity contribution in [3.63, 3.8) is 0 Å². The van der Waals surface area contributed by atoms with E-state index in [1.807, 2.05) is 36.4 Å². The van der Waals surface area contributed by atoms with E-state index in [9.17, 15) is 4.79 Å². The molecular weight excluding hydrogens is 420 g/mol. The number of nitrogens with zero attached hydrogens (tertiary/aromatic N) is 2. The van der Waals surface area contributed by atoms with Gasteiger partial charge in [-0.15, -0.1) is 0 Å². The summed E-state index contributed by atoms with van der Waals surface area (Å²) in [6.45, 7) is 0.241. The monoisotopic (exact) mass is 446 g/mol. The summed E-state index contributed by atoms with van der Waals surface area (Å²) in [5.74, 6) is 2.75. The van der Waals surface area contributed by atoms with E-state index in [2.05, 4.69) is 4.98 Å². The highest BCUT2D eigenvalue weighted by Gasteiger charge is 2.19. The minimum absolute atomic E-state index is 0.212. The number of hydrogen-bond donors (Lipinski definition) is 0. The molecule has 1 aliphatic rings. The quantitative estimate of drug-likeness (QED) is 0.396. The minimum Gasteiger partial charge on any atom is -0.496 e. The number of fused-ring (bicyclic) bond motifs is 1. The molecule has 2 aromatic carbocycles. The Morgan fingerprint density at radius 2 is 1.85 bits per heavy atom. The summed E-state index contributed by atoms with van der Waals surface area (Å²) in [7, 11) is 3.26. The standard InChI is InChI=1S/C26H26N2O5/c1-30-21-11-10-17(12-23(21)33-20-7-3-4-8-20)19-13-27-26(29)28(14-19)15-24-25-18(16-32-24)6-5-9-22(25)31-2/h5-6,9-14,16,20H,3-4,7-8,15H2,1-2H3. The Morgan fingerprint density at radius 1 is 1.03 bits per heavy atom. The molecule has 0 spiro atoms. The van der Waals surface area contributed by atoms with E-state index in [0.29, 0.717) is 23.0 Å². The fourth-order valence-electron chi connectivity index (χ4n) is 4.43. The molecule has 0 bridgehead atoms.